The first-order valence-electron chi connectivity index (χ1n) is 2.92. The topological polar surface area (TPSA) is 72.2 Å². The van der Waals surface area contributed by atoms with Crippen molar-refractivity contribution in [2.75, 3.05) is 0 Å². The van der Waals surface area contributed by atoms with Crippen LogP contribution in [-0.4, -0.2) is 17.6 Å². The number of rotatable bonds is 2. The van der Waals surface area contributed by atoms with Gasteiger partial charge in [0, 0.05) is 4.90 Å². The minimum atomic E-state index is -2.76. The summed E-state index contributed by atoms with van der Waals surface area (Å²) in [6.07, 6.45) is 0. The normalized spacial score (nSPS) is 8.62. The largest absolute Gasteiger partial charge is 0.435 e. The van der Waals surface area contributed by atoms with Crippen LogP contribution in [0, 0.1) is 0 Å². The van der Waals surface area contributed by atoms with E-state index in [9.17, 15) is 8.78 Å². The van der Waals surface area contributed by atoms with Crippen molar-refractivity contribution in [1.29, 1.82) is 0 Å². The third-order valence-corrected chi connectivity index (χ3v) is 1.36. The van der Waals surface area contributed by atoms with Crippen LogP contribution >= 0.6 is 12.6 Å². The number of alkyl halides is 2. The molecule has 0 amide bonds. The van der Waals surface area contributed by atoms with Crippen LogP contribution in [0.4, 0.5) is 8.78 Å². The number of thiol groups is 1. The van der Waals surface area contributed by atoms with Gasteiger partial charge in [-0.3, -0.25) is 0 Å². The minimum Gasteiger partial charge on any atom is -0.435 e. The molecule has 3 nitrogen and oxygen atoms in total. The van der Waals surface area contributed by atoms with Crippen LogP contribution in [0.15, 0.2) is 29.2 Å². The molecule has 0 saturated carbocycles. The lowest BCUT2D eigenvalue weighted by molar-refractivity contribution is -0.0498. The summed E-state index contributed by atoms with van der Waals surface area (Å²) in [5.41, 5.74) is 0. The van der Waals surface area contributed by atoms with Gasteiger partial charge in [0.2, 0.25) is 0 Å². The van der Waals surface area contributed by atoms with Gasteiger partial charge >= 0.3 is 6.61 Å². The Morgan fingerprint density at radius 3 is 1.92 bits per heavy atom. The van der Waals surface area contributed by atoms with Crippen molar-refractivity contribution >= 4 is 12.6 Å². The van der Waals surface area contributed by atoms with E-state index in [1.54, 1.807) is 12.1 Å². The average molecular weight is 212 g/mol. The molecule has 0 aromatic heterocycles. The first kappa shape index (κ1) is 14.7. The van der Waals surface area contributed by atoms with Crippen molar-refractivity contribution in [2.45, 2.75) is 11.5 Å². The van der Waals surface area contributed by atoms with Crippen molar-refractivity contribution in [3.8, 4) is 5.75 Å². The summed E-state index contributed by atoms with van der Waals surface area (Å²) in [6, 6.07) is 6.05. The summed E-state index contributed by atoms with van der Waals surface area (Å²) in [5.74, 6) is 0.151. The van der Waals surface area contributed by atoms with Crippen LogP contribution in [0.1, 0.15) is 0 Å². The van der Waals surface area contributed by atoms with Gasteiger partial charge in [-0.25, -0.2) is 0 Å². The van der Waals surface area contributed by atoms with Gasteiger partial charge in [-0.05, 0) is 24.3 Å². The van der Waals surface area contributed by atoms with Gasteiger partial charge in [0.1, 0.15) is 5.75 Å². The van der Waals surface area contributed by atoms with E-state index >= 15 is 0 Å². The zero-order chi connectivity index (χ0) is 8.27. The molecular formula is C7H10F2O3S. The molecule has 0 aliphatic rings. The van der Waals surface area contributed by atoms with Gasteiger partial charge < -0.3 is 15.7 Å². The third kappa shape index (κ3) is 5.40. The van der Waals surface area contributed by atoms with E-state index in [2.05, 4.69) is 17.4 Å². The van der Waals surface area contributed by atoms with Gasteiger partial charge in [-0.1, -0.05) is 0 Å². The molecule has 0 spiro atoms. The molecule has 1 aromatic rings. The highest BCUT2D eigenvalue weighted by Crippen LogP contribution is 2.16. The third-order valence-electron chi connectivity index (χ3n) is 1.06. The number of hydrogen-bond donors (Lipinski definition) is 1. The minimum absolute atomic E-state index is 0. The molecule has 0 saturated heterocycles. The number of hydrogen-bond acceptors (Lipinski definition) is 2. The predicted molar refractivity (Wildman–Crippen MR) is 47.6 cm³/mol. The second-order valence-corrected chi connectivity index (χ2v) is 2.39. The van der Waals surface area contributed by atoms with Crippen molar-refractivity contribution in [2.24, 2.45) is 0 Å². The van der Waals surface area contributed by atoms with E-state index in [-0.39, 0.29) is 16.7 Å². The van der Waals surface area contributed by atoms with E-state index in [0.717, 1.165) is 0 Å². The van der Waals surface area contributed by atoms with Gasteiger partial charge in [-0.2, -0.15) is 8.78 Å². The standard InChI is InChI=1S/C7H6F2OS.2H2O/c8-7(9)10-5-1-3-6(11)4-2-5;;/h1-4,7,11H;2*1H2. The molecular weight excluding hydrogens is 202 g/mol. The molecule has 0 atom stereocenters. The lowest BCUT2D eigenvalue weighted by Crippen LogP contribution is -2.01. The molecule has 1 rings (SSSR count). The van der Waals surface area contributed by atoms with Crippen LogP contribution in [0.5, 0.6) is 5.75 Å². The predicted octanol–water partition coefficient (Wildman–Crippen LogP) is 0.927. The van der Waals surface area contributed by atoms with Gasteiger partial charge in [0.05, 0.1) is 0 Å². The van der Waals surface area contributed by atoms with E-state index < -0.39 is 6.61 Å². The fourth-order valence-electron chi connectivity index (χ4n) is 0.628. The van der Waals surface area contributed by atoms with Crippen LogP contribution in [0.2, 0.25) is 0 Å². The Morgan fingerprint density at radius 1 is 1.08 bits per heavy atom. The molecule has 0 heterocycles. The van der Waals surface area contributed by atoms with Crippen LogP contribution in [-0.2, 0) is 0 Å². The average Bonchev–Trinajstić information content (AvgIpc) is 1.93. The molecule has 1 aromatic carbocycles. The molecule has 0 aliphatic carbocycles. The highest BCUT2D eigenvalue weighted by Gasteiger charge is 2.02. The maximum Gasteiger partial charge on any atom is 0.387 e. The number of ether oxygens (including phenoxy) is 1. The summed E-state index contributed by atoms with van der Waals surface area (Å²) in [6.45, 7) is -2.76. The monoisotopic (exact) mass is 212 g/mol. The van der Waals surface area contributed by atoms with E-state index in [1.165, 1.54) is 12.1 Å². The molecule has 0 radical (unpaired) electrons. The van der Waals surface area contributed by atoms with Gasteiger partial charge in [0.25, 0.3) is 0 Å². The SMILES string of the molecule is FC(F)Oc1ccc(S)cc1.O.O. The number of halogens is 2. The Kier molecular flexibility index (Phi) is 7.49. The summed E-state index contributed by atoms with van der Waals surface area (Å²) in [5, 5.41) is 0. The fraction of sp³-hybridized carbons (Fsp3) is 0.143. The Labute approximate surface area is 79.4 Å². The van der Waals surface area contributed by atoms with Crippen molar-refractivity contribution < 1.29 is 24.5 Å². The Morgan fingerprint density at radius 2 is 1.54 bits per heavy atom. The summed E-state index contributed by atoms with van der Waals surface area (Å²) < 4.78 is 27.3. The maximum absolute atomic E-state index is 11.6. The smallest absolute Gasteiger partial charge is 0.387 e. The Balaban J connectivity index is 0. The Bertz CT molecular complexity index is 228. The lowest BCUT2D eigenvalue weighted by Gasteiger charge is -2.02. The second-order valence-electron chi connectivity index (χ2n) is 1.87. The first-order valence-corrected chi connectivity index (χ1v) is 3.37. The molecule has 0 aliphatic heterocycles. The molecule has 4 N–H and O–H groups in total. The fourth-order valence-corrected chi connectivity index (χ4v) is 0.777. The molecule has 6 heteroatoms. The highest BCUT2D eigenvalue weighted by molar-refractivity contribution is 7.80. The van der Waals surface area contributed by atoms with Gasteiger partial charge in [-0.15, -0.1) is 12.6 Å². The van der Waals surface area contributed by atoms with E-state index in [1.807, 2.05) is 0 Å². The lowest BCUT2D eigenvalue weighted by atomic mass is 10.3. The van der Waals surface area contributed by atoms with Crippen LogP contribution < -0.4 is 4.74 Å². The molecule has 0 unspecified atom stereocenters. The van der Waals surface area contributed by atoms with Crippen LogP contribution in [0.3, 0.4) is 0 Å². The molecule has 0 fully saturated rings. The summed E-state index contributed by atoms with van der Waals surface area (Å²) in [7, 11) is 0. The van der Waals surface area contributed by atoms with Crippen molar-refractivity contribution in [3.05, 3.63) is 24.3 Å². The van der Waals surface area contributed by atoms with Crippen LogP contribution in [0.25, 0.3) is 0 Å². The zero-order valence-corrected chi connectivity index (χ0v) is 7.39. The first-order chi connectivity index (χ1) is 5.18. The van der Waals surface area contributed by atoms with Crippen molar-refractivity contribution in [3.63, 3.8) is 0 Å². The van der Waals surface area contributed by atoms with E-state index in [0.29, 0.717) is 4.90 Å². The van der Waals surface area contributed by atoms with Gasteiger partial charge in [0.15, 0.2) is 0 Å². The molecule has 0 bridgehead atoms. The summed E-state index contributed by atoms with van der Waals surface area (Å²) in [4.78, 5) is 0.714. The molecule has 13 heavy (non-hydrogen) atoms. The van der Waals surface area contributed by atoms with Crippen molar-refractivity contribution in [1.82, 2.24) is 0 Å². The maximum atomic E-state index is 11.6. The number of benzene rings is 1. The van der Waals surface area contributed by atoms with E-state index in [4.69, 9.17) is 0 Å². The Hall–Kier alpha value is -0.850. The highest BCUT2D eigenvalue weighted by atomic mass is 32.1. The quantitative estimate of drug-likeness (QED) is 0.727. The zero-order valence-electron chi connectivity index (χ0n) is 6.50. The molecule has 76 valence electrons. The second kappa shape index (κ2) is 6.64. The summed E-state index contributed by atoms with van der Waals surface area (Å²) >= 11 is 3.98.